The topological polar surface area (TPSA) is 127 Å². The Balaban J connectivity index is 1.55. The lowest BCUT2D eigenvalue weighted by Gasteiger charge is -2.45. The molecule has 0 unspecified atom stereocenters. The van der Waals surface area contributed by atoms with E-state index < -0.39 is 30.6 Å². The monoisotopic (exact) mass is 562 g/mol. The summed E-state index contributed by atoms with van der Waals surface area (Å²) < 4.78 is 0. The fourth-order valence-corrected chi connectivity index (χ4v) is 6.60. The van der Waals surface area contributed by atoms with Gasteiger partial charge in [0.15, 0.2) is 0 Å². The number of hydrogen-bond acceptors (Lipinski definition) is 5. The smallest absolute Gasteiger partial charge is 0.314 e. The summed E-state index contributed by atoms with van der Waals surface area (Å²) in [6, 6.07) is 6.60. The van der Waals surface area contributed by atoms with Crippen molar-refractivity contribution in [1.29, 1.82) is 0 Å². The number of aliphatic hydroxyl groups excluding tert-OH is 2. The van der Waals surface area contributed by atoms with Gasteiger partial charge in [0, 0.05) is 43.2 Å². The quantitative estimate of drug-likeness (QED) is 0.471. The maximum atomic E-state index is 13.9. The van der Waals surface area contributed by atoms with Crippen molar-refractivity contribution in [3.8, 4) is 0 Å². The summed E-state index contributed by atoms with van der Waals surface area (Å²) in [5.74, 6) is -0.953. The summed E-state index contributed by atoms with van der Waals surface area (Å²) in [5.41, 5.74) is 5.46. The van der Waals surface area contributed by atoms with Crippen molar-refractivity contribution >= 4 is 29.4 Å². The van der Waals surface area contributed by atoms with E-state index in [0.717, 1.165) is 31.2 Å². The third-order valence-electron chi connectivity index (χ3n) is 9.27. The summed E-state index contributed by atoms with van der Waals surface area (Å²) in [7, 11) is 0. The van der Waals surface area contributed by atoms with Gasteiger partial charge in [-0.25, -0.2) is 4.79 Å². The number of halogens is 1. The molecule has 39 heavy (non-hydrogen) atoms. The molecular formula is C29H43ClN4O5. The Kier molecular flexibility index (Phi) is 8.83. The molecule has 4 amide bonds. The van der Waals surface area contributed by atoms with Crippen LogP contribution in [0.1, 0.15) is 64.4 Å². The van der Waals surface area contributed by atoms with Crippen molar-refractivity contribution in [1.82, 2.24) is 14.7 Å². The molecule has 1 aliphatic carbocycles. The summed E-state index contributed by atoms with van der Waals surface area (Å²) in [6.45, 7) is 6.68. The number of nitrogens with two attached hydrogens (primary N) is 1. The van der Waals surface area contributed by atoms with Gasteiger partial charge in [0.25, 0.3) is 0 Å². The third kappa shape index (κ3) is 6.20. The number of hydrogen-bond donors (Lipinski definition) is 3. The molecule has 1 saturated carbocycles. The van der Waals surface area contributed by atoms with Crippen LogP contribution in [0.15, 0.2) is 24.3 Å². The highest BCUT2D eigenvalue weighted by Gasteiger charge is 2.47. The Morgan fingerprint density at radius 3 is 2.18 bits per heavy atom. The zero-order chi connectivity index (χ0) is 28.5. The lowest BCUT2D eigenvalue weighted by atomic mass is 9.74. The number of rotatable bonds is 7. The lowest BCUT2D eigenvalue weighted by Crippen LogP contribution is -2.56. The second-order valence-electron chi connectivity index (χ2n) is 12.7. The van der Waals surface area contributed by atoms with Gasteiger partial charge in [0.1, 0.15) is 0 Å². The molecule has 4 rings (SSSR count). The van der Waals surface area contributed by atoms with E-state index in [4.69, 9.17) is 17.3 Å². The van der Waals surface area contributed by atoms with Gasteiger partial charge in [-0.15, -0.1) is 0 Å². The Bertz CT molecular complexity index is 1050. The number of carbonyl (C=O) groups is 3. The molecule has 2 heterocycles. The molecule has 2 aliphatic heterocycles. The number of likely N-dealkylation sites (tertiary alicyclic amines) is 2. The van der Waals surface area contributed by atoms with Gasteiger partial charge in [-0.1, -0.05) is 37.6 Å². The first kappa shape index (κ1) is 29.6. The number of benzene rings is 1. The molecule has 0 radical (unpaired) electrons. The highest BCUT2D eigenvalue weighted by molar-refractivity contribution is 6.30. The van der Waals surface area contributed by atoms with Crippen molar-refractivity contribution in [2.24, 2.45) is 22.5 Å². The molecule has 3 atom stereocenters. The van der Waals surface area contributed by atoms with Gasteiger partial charge in [-0.2, -0.15) is 0 Å². The zero-order valence-corrected chi connectivity index (χ0v) is 24.1. The van der Waals surface area contributed by atoms with Crippen LogP contribution in [0.3, 0.4) is 0 Å². The van der Waals surface area contributed by atoms with Crippen LogP contribution in [0.2, 0.25) is 5.02 Å². The largest absolute Gasteiger partial charge is 0.395 e. The molecular weight excluding hydrogens is 520 g/mol. The maximum absolute atomic E-state index is 13.9. The molecule has 2 saturated heterocycles. The number of nitrogens with zero attached hydrogens (tertiary/aromatic N) is 3. The van der Waals surface area contributed by atoms with Crippen LogP contribution in [0.25, 0.3) is 0 Å². The fourth-order valence-electron chi connectivity index (χ4n) is 6.47. The number of amides is 4. The highest BCUT2D eigenvalue weighted by Crippen LogP contribution is 2.40. The summed E-state index contributed by atoms with van der Waals surface area (Å²) in [6.07, 6.45) is 4.30. The zero-order valence-electron chi connectivity index (χ0n) is 23.3. The Hall–Kier alpha value is -2.36. The van der Waals surface area contributed by atoms with Gasteiger partial charge in [-0.3, -0.25) is 9.59 Å². The van der Waals surface area contributed by atoms with Crippen LogP contribution in [0, 0.1) is 16.7 Å². The molecule has 1 aromatic rings. The molecule has 4 N–H and O–H groups in total. The molecule has 3 aliphatic rings. The van der Waals surface area contributed by atoms with E-state index in [0.29, 0.717) is 31.1 Å². The Morgan fingerprint density at radius 1 is 1.00 bits per heavy atom. The van der Waals surface area contributed by atoms with E-state index in [-0.39, 0.29) is 41.8 Å². The normalized spacial score (nSPS) is 25.6. The van der Waals surface area contributed by atoms with E-state index >= 15 is 0 Å². The van der Waals surface area contributed by atoms with Crippen LogP contribution in [0.5, 0.6) is 0 Å². The molecule has 0 spiro atoms. The summed E-state index contributed by atoms with van der Waals surface area (Å²) in [4.78, 5) is 45.0. The molecule has 9 nitrogen and oxygen atoms in total. The third-order valence-corrected chi connectivity index (χ3v) is 9.52. The van der Waals surface area contributed by atoms with Crippen LogP contribution in [-0.4, -0.2) is 94.2 Å². The second-order valence-corrected chi connectivity index (χ2v) is 13.2. The second kappa shape index (κ2) is 11.6. The van der Waals surface area contributed by atoms with Crippen LogP contribution in [0.4, 0.5) is 4.79 Å². The van der Waals surface area contributed by atoms with Crippen molar-refractivity contribution in [3.63, 3.8) is 0 Å². The molecule has 3 fully saturated rings. The standard InChI is InChI=1S/C29H43ClN4O5/c1-28(2)11-8-21(9-12-28)34(26(38)29(3,17-35)18-36)22-10-13-32(14-22)25(37)24-16-33(27(31)39)15-23(24)19-4-6-20(30)7-5-19/h4-7,21-24,35-36H,8-18H2,1-3H3,(H2,31,39)/t22-,23-,24+/m0/s1. The molecule has 10 heteroatoms. The minimum atomic E-state index is -1.28. The van der Waals surface area contributed by atoms with Gasteiger partial charge in [0.05, 0.1) is 30.6 Å². The first-order valence-electron chi connectivity index (χ1n) is 14.0. The van der Waals surface area contributed by atoms with Crippen molar-refractivity contribution < 1.29 is 24.6 Å². The Labute approximate surface area is 236 Å². The number of aliphatic hydroxyl groups is 2. The van der Waals surface area contributed by atoms with E-state index in [9.17, 15) is 24.6 Å². The fraction of sp³-hybridized carbons (Fsp3) is 0.690. The van der Waals surface area contributed by atoms with E-state index in [1.807, 2.05) is 21.9 Å². The van der Waals surface area contributed by atoms with Crippen LogP contribution >= 0.6 is 11.6 Å². The predicted octanol–water partition coefficient (Wildman–Crippen LogP) is 2.82. The number of primary amides is 1. The molecule has 216 valence electrons. The summed E-state index contributed by atoms with van der Waals surface area (Å²) in [5, 5.41) is 20.6. The van der Waals surface area contributed by atoms with Crippen LogP contribution in [-0.2, 0) is 9.59 Å². The lowest BCUT2D eigenvalue weighted by molar-refractivity contribution is -0.153. The SMILES string of the molecule is CC1(C)CCC(N(C(=O)C(C)(CO)CO)[C@H]2CCN(C(=O)[C@@H]3CN(C(N)=O)C[C@H]3c3ccc(Cl)cc3)C2)CC1. The first-order valence-corrected chi connectivity index (χ1v) is 14.4. The maximum Gasteiger partial charge on any atom is 0.314 e. The van der Waals surface area contributed by atoms with Gasteiger partial charge in [-0.05, 0) is 62.1 Å². The summed E-state index contributed by atoms with van der Waals surface area (Å²) >= 11 is 6.08. The molecule has 1 aromatic carbocycles. The van der Waals surface area contributed by atoms with E-state index in [2.05, 4.69) is 13.8 Å². The van der Waals surface area contributed by atoms with Crippen molar-refractivity contribution in [2.75, 3.05) is 39.4 Å². The number of carbonyl (C=O) groups excluding carboxylic acids is 3. The van der Waals surface area contributed by atoms with Gasteiger partial charge < -0.3 is 30.6 Å². The minimum absolute atomic E-state index is 0.00153. The number of urea groups is 1. The average Bonchev–Trinajstić information content (AvgIpc) is 3.58. The molecule has 0 bridgehead atoms. The van der Waals surface area contributed by atoms with E-state index in [1.54, 1.807) is 19.1 Å². The van der Waals surface area contributed by atoms with Crippen molar-refractivity contribution in [3.05, 3.63) is 34.9 Å². The Morgan fingerprint density at radius 2 is 1.62 bits per heavy atom. The highest BCUT2D eigenvalue weighted by atomic mass is 35.5. The van der Waals surface area contributed by atoms with Gasteiger partial charge in [0.2, 0.25) is 11.8 Å². The molecule has 0 aromatic heterocycles. The van der Waals surface area contributed by atoms with E-state index in [1.165, 1.54) is 4.90 Å². The average molecular weight is 563 g/mol. The predicted molar refractivity (Wildman–Crippen MR) is 149 cm³/mol. The first-order chi connectivity index (χ1) is 18.4. The van der Waals surface area contributed by atoms with Crippen LogP contribution < -0.4 is 5.73 Å². The van der Waals surface area contributed by atoms with Crippen molar-refractivity contribution in [2.45, 2.75) is 70.9 Å². The van der Waals surface area contributed by atoms with Gasteiger partial charge >= 0.3 is 6.03 Å². The minimum Gasteiger partial charge on any atom is -0.395 e.